The molecule has 0 aliphatic rings. The first kappa shape index (κ1) is 17.2. The molecule has 0 saturated carbocycles. The van der Waals surface area contributed by atoms with E-state index in [0.717, 1.165) is 33.1 Å². The molecule has 4 rings (SSSR count). The lowest BCUT2D eigenvalue weighted by molar-refractivity contribution is 0.102. The third-order valence-electron chi connectivity index (χ3n) is 4.35. The van der Waals surface area contributed by atoms with Gasteiger partial charge in [-0.1, -0.05) is 60.7 Å². The Kier molecular flexibility index (Phi) is 4.81. The molecule has 27 heavy (non-hydrogen) atoms. The smallest absolute Gasteiger partial charge is 0.255 e. The van der Waals surface area contributed by atoms with E-state index in [1.807, 2.05) is 73.7 Å². The number of hydrogen-bond donors (Lipinski definition) is 1. The second kappa shape index (κ2) is 7.56. The van der Waals surface area contributed by atoms with Crippen LogP contribution in [0, 0.1) is 6.92 Å². The van der Waals surface area contributed by atoms with Crippen LogP contribution in [-0.4, -0.2) is 10.9 Å². The second-order valence-electron chi connectivity index (χ2n) is 6.25. The summed E-state index contributed by atoms with van der Waals surface area (Å²) in [6.07, 6.45) is 0. The Bertz CT molecular complexity index is 1070. The fourth-order valence-electron chi connectivity index (χ4n) is 2.87. The number of nitrogens with zero attached hydrogens (tertiary/aromatic N) is 1. The lowest BCUT2D eigenvalue weighted by atomic mass is 10.1. The van der Waals surface area contributed by atoms with Crippen LogP contribution in [0.15, 0.2) is 84.2 Å². The van der Waals surface area contributed by atoms with Crippen molar-refractivity contribution in [3.8, 4) is 21.8 Å². The van der Waals surface area contributed by atoms with Crippen molar-refractivity contribution in [1.82, 2.24) is 4.98 Å². The molecule has 1 aromatic heterocycles. The van der Waals surface area contributed by atoms with E-state index in [0.29, 0.717) is 5.56 Å². The van der Waals surface area contributed by atoms with Crippen LogP contribution in [0.3, 0.4) is 0 Å². The van der Waals surface area contributed by atoms with E-state index in [9.17, 15) is 4.79 Å². The van der Waals surface area contributed by atoms with Gasteiger partial charge in [0.1, 0.15) is 5.01 Å². The highest BCUT2D eigenvalue weighted by Crippen LogP contribution is 2.29. The van der Waals surface area contributed by atoms with Crippen LogP contribution in [0.5, 0.6) is 0 Å². The Morgan fingerprint density at radius 1 is 0.852 bits per heavy atom. The Balaban J connectivity index is 1.50. The van der Waals surface area contributed by atoms with Crippen LogP contribution < -0.4 is 5.32 Å². The molecule has 0 saturated heterocycles. The van der Waals surface area contributed by atoms with Gasteiger partial charge in [0.15, 0.2) is 0 Å². The minimum absolute atomic E-state index is 0.0964. The van der Waals surface area contributed by atoms with Gasteiger partial charge in [-0.05, 0) is 30.7 Å². The summed E-state index contributed by atoms with van der Waals surface area (Å²) >= 11 is 1.63. The van der Waals surface area contributed by atoms with Crippen LogP contribution in [0.2, 0.25) is 0 Å². The number of amides is 1. The van der Waals surface area contributed by atoms with E-state index >= 15 is 0 Å². The number of carbonyl (C=O) groups is 1. The van der Waals surface area contributed by atoms with Crippen LogP contribution in [0.25, 0.3) is 21.8 Å². The molecule has 0 unspecified atom stereocenters. The van der Waals surface area contributed by atoms with Gasteiger partial charge in [0.2, 0.25) is 0 Å². The van der Waals surface area contributed by atoms with Gasteiger partial charge >= 0.3 is 0 Å². The van der Waals surface area contributed by atoms with Gasteiger partial charge in [-0.3, -0.25) is 4.79 Å². The molecule has 0 atom stereocenters. The van der Waals surface area contributed by atoms with Gasteiger partial charge < -0.3 is 5.32 Å². The van der Waals surface area contributed by atoms with Crippen molar-refractivity contribution in [2.45, 2.75) is 6.92 Å². The van der Waals surface area contributed by atoms with Gasteiger partial charge in [0, 0.05) is 27.8 Å². The molecule has 0 radical (unpaired) electrons. The maximum Gasteiger partial charge on any atom is 0.255 e. The number of benzene rings is 3. The predicted octanol–water partition coefficient (Wildman–Crippen LogP) is 6.04. The normalized spacial score (nSPS) is 10.6. The third kappa shape index (κ3) is 3.81. The van der Waals surface area contributed by atoms with Gasteiger partial charge in [-0.15, -0.1) is 11.3 Å². The van der Waals surface area contributed by atoms with Crippen molar-refractivity contribution in [2.75, 3.05) is 5.32 Å². The maximum absolute atomic E-state index is 12.4. The number of carbonyl (C=O) groups excluding carboxylic acids is 1. The Morgan fingerprint density at radius 3 is 2.30 bits per heavy atom. The Labute approximate surface area is 162 Å². The zero-order valence-electron chi connectivity index (χ0n) is 14.8. The molecule has 0 bridgehead atoms. The Hall–Kier alpha value is -3.24. The van der Waals surface area contributed by atoms with Crippen molar-refractivity contribution in [1.29, 1.82) is 0 Å². The molecule has 1 amide bonds. The van der Waals surface area contributed by atoms with Gasteiger partial charge in [0.05, 0.1) is 5.69 Å². The largest absolute Gasteiger partial charge is 0.322 e. The number of nitrogens with one attached hydrogen (secondary N) is 1. The van der Waals surface area contributed by atoms with Crippen LogP contribution in [0.1, 0.15) is 15.9 Å². The van der Waals surface area contributed by atoms with Crippen molar-refractivity contribution in [3.63, 3.8) is 0 Å². The Morgan fingerprint density at radius 2 is 1.56 bits per heavy atom. The molecule has 3 aromatic carbocycles. The van der Waals surface area contributed by atoms with Crippen molar-refractivity contribution in [2.24, 2.45) is 0 Å². The highest BCUT2D eigenvalue weighted by Gasteiger charge is 2.10. The number of aromatic nitrogens is 1. The van der Waals surface area contributed by atoms with E-state index in [-0.39, 0.29) is 5.91 Å². The molecule has 0 spiro atoms. The average molecular weight is 370 g/mol. The van der Waals surface area contributed by atoms with Gasteiger partial charge in [-0.2, -0.15) is 0 Å². The van der Waals surface area contributed by atoms with Crippen LogP contribution in [-0.2, 0) is 0 Å². The van der Waals surface area contributed by atoms with Crippen LogP contribution in [0.4, 0.5) is 5.69 Å². The number of rotatable bonds is 4. The van der Waals surface area contributed by atoms with E-state index in [1.54, 1.807) is 11.3 Å². The number of hydrogen-bond acceptors (Lipinski definition) is 3. The molecule has 0 aliphatic heterocycles. The quantitative estimate of drug-likeness (QED) is 0.476. The number of anilines is 1. The topological polar surface area (TPSA) is 42.0 Å². The molecular weight excluding hydrogens is 352 g/mol. The first-order valence-corrected chi connectivity index (χ1v) is 9.57. The minimum atomic E-state index is -0.0964. The molecule has 132 valence electrons. The monoisotopic (exact) mass is 370 g/mol. The second-order valence-corrected chi connectivity index (χ2v) is 7.11. The zero-order valence-corrected chi connectivity index (χ0v) is 15.7. The number of aryl methyl sites for hydroxylation is 1. The van der Waals surface area contributed by atoms with E-state index < -0.39 is 0 Å². The summed E-state index contributed by atoms with van der Waals surface area (Å²) in [5, 5.41) is 6.01. The third-order valence-corrected chi connectivity index (χ3v) is 5.24. The summed E-state index contributed by atoms with van der Waals surface area (Å²) in [5.74, 6) is -0.0964. The summed E-state index contributed by atoms with van der Waals surface area (Å²) in [6, 6.07) is 25.5. The summed E-state index contributed by atoms with van der Waals surface area (Å²) in [5.41, 5.74) is 5.51. The van der Waals surface area contributed by atoms with Crippen molar-refractivity contribution < 1.29 is 4.79 Å². The first-order valence-electron chi connectivity index (χ1n) is 8.69. The summed E-state index contributed by atoms with van der Waals surface area (Å²) in [6.45, 7) is 1.94. The highest BCUT2D eigenvalue weighted by molar-refractivity contribution is 7.13. The fraction of sp³-hybridized carbons (Fsp3) is 0.0435. The first-order chi connectivity index (χ1) is 13.2. The standard InChI is InChI=1S/C23H18N2OS/c1-16-7-5-6-10-20(16)22(26)24-19-13-11-17(12-14-19)21-15-27-23(25-21)18-8-3-2-4-9-18/h2-15H,1H3,(H,24,26). The molecular formula is C23H18N2OS. The number of thiazole rings is 1. The van der Waals surface area contributed by atoms with Crippen molar-refractivity contribution >= 4 is 22.9 Å². The molecule has 0 aliphatic carbocycles. The zero-order chi connectivity index (χ0) is 18.6. The molecule has 4 heteroatoms. The maximum atomic E-state index is 12.4. The van der Waals surface area contributed by atoms with Gasteiger partial charge in [0.25, 0.3) is 5.91 Å². The van der Waals surface area contributed by atoms with Gasteiger partial charge in [-0.25, -0.2) is 4.98 Å². The molecule has 4 aromatic rings. The fourth-order valence-corrected chi connectivity index (χ4v) is 3.71. The summed E-state index contributed by atoms with van der Waals surface area (Å²) in [7, 11) is 0. The van der Waals surface area contributed by atoms with E-state index in [2.05, 4.69) is 22.8 Å². The van der Waals surface area contributed by atoms with Crippen molar-refractivity contribution in [3.05, 3.63) is 95.4 Å². The van der Waals surface area contributed by atoms with E-state index in [4.69, 9.17) is 4.98 Å². The molecule has 0 fully saturated rings. The lowest BCUT2D eigenvalue weighted by Crippen LogP contribution is -2.13. The summed E-state index contributed by atoms with van der Waals surface area (Å²) < 4.78 is 0. The summed E-state index contributed by atoms with van der Waals surface area (Å²) in [4.78, 5) is 17.2. The minimum Gasteiger partial charge on any atom is -0.322 e. The molecule has 3 nitrogen and oxygen atoms in total. The average Bonchev–Trinajstić information content (AvgIpc) is 3.20. The molecule has 1 heterocycles. The van der Waals surface area contributed by atoms with Crippen LogP contribution >= 0.6 is 11.3 Å². The van der Waals surface area contributed by atoms with E-state index in [1.165, 1.54) is 0 Å². The lowest BCUT2D eigenvalue weighted by Gasteiger charge is -2.08. The predicted molar refractivity (Wildman–Crippen MR) is 112 cm³/mol. The molecule has 1 N–H and O–H groups in total. The highest BCUT2D eigenvalue weighted by atomic mass is 32.1. The SMILES string of the molecule is Cc1ccccc1C(=O)Nc1ccc(-c2csc(-c3ccccc3)n2)cc1.